The summed E-state index contributed by atoms with van der Waals surface area (Å²) < 4.78 is 2.39. The van der Waals surface area contributed by atoms with E-state index in [-0.39, 0.29) is 5.92 Å². The molecule has 11 aromatic carbocycles. The average molecular weight is 893 g/mol. The van der Waals surface area contributed by atoms with Crippen LogP contribution in [0, 0.1) is 0 Å². The normalized spacial score (nSPS) is 13.5. The number of aromatic nitrogens is 1. The molecule has 0 bridgehead atoms. The zero-order valence-electron chi connectivity index (χ0n) is 38.7. The maximum atomic E-state index is 2.57. The summed E-state index contributed by atoms with van der Waals surface area (Å²) in [7, 11) is 0. The lowest BCUT2D eigenvalue weighted by Gasteiger charge is -2.36. The first kappa shape index (κ1) is 41.2. The van der Waals surface area contributed by atoms with Gasteiger partial charge in [-0.15, -0.1) is 0 Å². The zero-order chi connectivity index (χ0) is 46.4. The Morgan fingerprint density at radius 3 is 1.70 bits per heavy atom. The van der Waals surface area contributed by atoms with E-state index >= 15 is 0 Å². The molecule has 0 spiro atoms. The molecule has 12 aromatic rings. The van der Waals surface area contributed by atoms with Gasteiger partial charge >= 0.3 is 0 Å². The van der Waals surface area contributed by atoms with Gasteiger partial charge in [0.1, 0.15) is 0 Å². The number of fused-ring (bicyclic) bond motifs is 5. The first-order chi connectivity index (χ1) is 34.8. The van der Waals surface area contributed by atoms with Crippen LogP contribution in [0.5, 0.6) is 0 Å². The minimum Gasteiger partial charge on any atom is -0.313 e. The fourth-order valence-electron chi connectivity index (χ4n) is 11.2. The van der Waals surface area contributed by atoms with E-state index in [2.05, 4.69) is 282 Å². The summed E-state index contributed by atoms with van der Waals surface area (Å²) in [4.78, 5) is 2.57. The quantitative estimate of drug-likeness (QED) is 0.140. The topological polar surface area (TPSA) is 8.17 Å². The predicted molar refractivity (Wildman–Crippen MR) is 297 cm³/mol. The van der Waals surface area contributed by atoms with Crippen LogP contribution < -0.4 is 4.90 Å². The summed E-state index contributed by atoms with van der Waals surface area (Å²) in [5.74, 6) is 0.0446. The Bertz CT molecular complexity index is 3960. The molecule has 13 rings (SSSR count). The van der Waals surface area contributed by atoms with Gasteiger partial charge in [-0.2, -0.15) is 0 Å². The van der Waals surface area contributed by atoms with Crippen LogP contribution >= 0.6 is 0 Å². The molecule has 330 valence electrons. The number of allylic oxidation sites excluding steroid dienone is 4. The van der Waals surface area contributed by atoms with E-state index < -0.39 is 0 Å². The minimum absolute atomic E-state index is 0.0446. The van der Waals surface area contributed by atoms with E-state index in [0.717, 1.165) is 29.0 Å². The van der Waals surface area contributed by atoms with Crippen molar-refractivity contribution in [3.63, 3.8) is 0 Å². The molecule has 1 unspecified atom stereocenters. The number of benzene rings is 11. The summed E-state index contributed by atoms with van der Waals surface area (Å²) in [6.45, 7) is 0. The fraction of sp³-hybridized carbons (Fsp3) is 0.0294. The first-order valence-corrected chi connectivity index (χ1v) is 24.4. The second kappa shape index (κ2) is 17.6. The van der Waals surface area contributed by atoms with E-state index in [1.807, 2.05) is 0 Å². The summed E-state index contributed by atoms with van der Waals surface area (Å²) in [5.41, 5.74) is 18.0. The Hall–Kier alpha value is -8.98. The number of para-hydroxylation sites is 3. The van der Waals surface area contributed by atoms with E-state index in [1.54, 1.807) is 0 Å². The fourth-order valence-corrected chi connectivity index (χ4v) is 11.2. The minimum atomic E-state index is 0.0446. The largest absolute Gasteiger partial charge is 0.313 e. The first-order valence-electron chi connectivity index (χ1n) is 24.4. The molecule has 1 aromatic heterocycles. The van der Waals surface area contributed by atoms with Crippen molar-refractivity contribution in [3.8, 4) is 50.2 Å². The highest BCUT2D eigenvalue weighted by molar-refractivity contribution is 6.11. The van der Waals surface area contributed by atoms with Crippen molar-refractivity contribution in [1.82, 2.24) is 4.57 Å². The van der Waals surface area contributed by atoms with Gasteiger partial charge in [0.15, 0.2) is 0 Å². The molecule has 2 heteroatoms. The van der Waals surface area contributed by atoms with Crippen LogP contribution in [0.2, 0.25) is 0 Å². The van der Waals surface area contributed by atoms with Gasteiger partial charge in [-0.1, -0.05) is 218 Å². The van der Waals surface area contributed by atoms with Gasteiger partial charge in [0.25, 0.3) is 0 Å². The molecule has 0 fully saturated rings. The van der Waals surface area contributed by atoms with Crippen LogP contribution in [0.3, 0.4) is 0 Å². The highest BCUT2D eigenvalue weighted by atomic mass is 15.2. The van der Waals surface area contributed by atoms with Crippen LogP contribution in [0.15, 0.2) is 279 Å². The molecule has 70 heavy (non-hydrogen) atoms. The molecule has 0 saturated heterocycles. The van der Waals surface area contributed by atoms with Gasteiger partial charge in [0.05, 0.1) is 16.7 Å². The molecule has 0 radical (unpaired) electrons. The SMILES string of the molecule is C1=CCC(c2cccc3cccc(-c4ccccc4)c23)C(N(c2cccc(-c3ccc4c(c3)c3ccccc3n4-c3ccccc3)c2)c2ccccc2-c2cccc3cccc(-c4ccccc4)c23)=C1. The smallest absolute Gasteiger partial charge is 0.0541 e. The van der Waals surface area contributed by atoms with Gasteiger partial charge in [-0.3, -0.25) is 0 Å². The van der Waals surface area contributed by atoms with Crippen molar-refractivity contribution >= 4 is 54.7 Å². The van der Waals surface area contributed by atoms with Crippen molar-refractivity contribution in [3.05, 3.63) is 284 Å². The molecule has 2 nitrogen and oxygen atoms in total. The number of rotatable bonds is 9. The Kier molecular flexibility index (Phi) is 10.4. The Balaban J connectivity index is 1.03. The molecule has 0 aliphatic heterocycles. The zero-order valence-corrected chi connectivity index (χ0v) is 38.7. The Labute approximate surface area is 409 Å². The number of anilines is 2. The lowest BCUT2D eigenvalue weighted by Crippen LogP contribution is -2.24. The molecule has 1 aliphatic carbocycles. The Morgan fingerprint density at radius 1 is 0.386 bits per heavy atom. The molecule has 0 N–H and O–H groups in total. The van der Waals surface area contributed by atoms with Crippen molar-refractivity contribution in [2.24, 2.45) is 0 Å². The molecule has 1 heterocycles. The molecule has 0 saturated carbocycles. The van der Waals surface area contributed by atoms with E-state index in [1.165, 1.54) is 93.6 Å². The Morgan fingerprint density at radius 2 is 0.943 bits per heavy atom. The van der Waals surface area contributed by atoms with E-state index in [4.69, 9.17) is 0 Å². The van der Waals surface area contributed by atoms with Gasteiger partial charge in [-0.05, 0) is 127 Å². The van der Waals surface area contributed by atoms with Crippen LogP contribution in [0.1, 0.15) is 17.9 Å². The number of hydrogen-bond acceptors (Lipinski definition) is 1. The highest BCUT2D eigenvalue weighted by Crippen LogP contribution is 2.49. The third-order valence-corrected chi connectivity index (χ3v) is 14.3. The van der Waals surface area contributed by atoms with Crippen LogP contribution in [0.4, 0.5) is 11.4 Å². The second-order valence-corrected chi connectivity index (χ2v) is 18.3. The lowest BCUT2D eigenvalue weighted by molar-refractivity contribution is 0.780. The number of nitrogens with zero attached hydrogens (tertiary/aromatic N) is 2. The second-order valence-electron chi connectivity index (χ2n) is 18.3. The standard InChI is InChI=1S/C68H48N2/c1-4-21-47(22-5-1)55-36-17-25-49-27-19-38-60(67(49)55)57-33-10-13-40-63(57)70(64-41-14-11-34-58(64)61-39-20-28-50-26-18-37-56(68(50)61)48-23-6-2-7-24-48)54-32-16-29-51(45-54)52-43-44-66-62(46-52)59-35-12-15-42-65(59)69(66)53-30-8-3-9-31-53/h1-33,35-46,58H,34H2. The van der Waals surface area contributed by atoms with Gasteiger partial charge in [0, 0.05) is 39.3 Å². The van der Waals surface area contributed by atoms with Gasteiger partial charge in [-0.25, -0.2) is 0 Å². The molecule has 1 aliphatic rings. The third-order valence-electron chi connectivity index (χ3n) is 14.3. The van der Waals surface area contributed by atoms with Crippen LogP contribution in [-0.2, 0) is 0 Å². The molecular weight excluding hydrogens is 845 g/mol. The van der Waals surface area contributed by atoms with Crippen molar-refractivity contribution in [1.29, 1.82) is 0 Å². The molecular formula is C68H48N2. The van der Waals surface area contributed by atoms with E-state index in [0.29, 0.717) is 0 Å². The predicted octanol–water partition coefficient (Wildman–Crippen LogP) is 18.5. The van der Waals surface area contributed by atoms with Crippen LogP contribution in [0.25, 0.3) is 93.5 Å². The monoisotopic (exact) mass is 892 g/mol. The molecule has 0 amide bonds. The van der Waals surface area contributed by atoms with Crippen molar-refractivity contribution in [2.75, 3.05) is 4.90 Å². The number of hydrogen-bond donors (Lipinski definition) is 0. The highest BCUT2D eigenvalue weighted by Gasteiger charge is 2.29. The summed E-state index contributed by atoms with van der Waals surface area (Å²) in [6.07, 6.45) is 7.83. The average Bonchev–Trinajstić information content (AvgIpc) is 3.77. The summed E-state index contributed by atoms with van der Waals surface area (Å²) in [5, 5.41) is 7.49. The maximum Gasteiger partial charge on any atom is 0.0541 e. The third kappa shape index (κ3) is 7.12. The summed E-state index contributed by atoms with van der Waals surface area (Å²) >= 11 is 0. The maximum absolute atomic E-state index is 2.57. The lowest BCUT2D eigenvalue weighted by atomic mass is 9.82. The van der Waals surface area contributed by atoms with Crippen LogP contribution in [-0.4, -0.2) is 4.57 Å². The van der Waals surface area contributed by atoms with Gasteiger partial charge in [0.2, 0.25) is 0 Å². The van der Waals surface area contributed by atoms with Gasteiger partial charge < -0.3 is 9.47 Å². The van der Waals surface area contributed by atoms with Crippen molar-refractivity contribution < 1.29 is 0 Å². The molecule has 1 atom stereocenters. The summed E-state index contributed by atoms with van der Waals surface area (Å²) in [6, 6.07) is 93.5. The van der Waals surface area contributed by atoms with E-state index in [9.17, 15) is 0 Å². The van der Waals surface area contributed by atoms with Crippen molar-refractivity contribution in [2.45, 2.75) is 12.3 Å².